The zero-order chi connectivity index (χ0) is 18.7. The Morgan fingerprint density at radius 2 is 2.23 bits per heavy atom. The Morgan fingerprint density at radius 3 is 2.96 bits per heavy atom. The fourth-order valence-electron chi connectivity index (χ4n) is 3.32. The maximum Gasteiger partial charge on any atom is 0.251 e. The lowest BCUT2D eigenvalue weighted by Gasteiger charge is -2.30. The van der Waals surface area contributed by atoms with Crippen LogP contribution in [0.15, 0.2) is 24.5 Å². The van der Waals surface area contributed by atoms with E-state index in [2.05, 4.69) is 10.3 Å². The number of nitrogens with one attached hydrogen (secondary N) is 1. The maximum atomic E-state index is 12.4. The highest BCUT2D eigenvalue weighted by molar-refractivity contribution is 7.88. The second-order valence-corrected chi connectivity index (χ2v) is 8.69. The van der Waals surface area contributed by atoms with Gasteiger partial charge in [-0.3, -0.25) is 4.79 Å². The number of imidazole rings is 1. The number of piperidine rings is 1. The Labute approximate surface area is 152 Å². The van der Waals surface area contributed by atoms with Gasteiger partial charge in [-0.05, 0) is 37.0 Å². The average molecular weight is 380 g/mol. The molecule has 142 valence electrons. The van der Waals surface area contributed by atoms with Crippen molar-refractivity contribution in [3.63, 3.8) is 0 Å². The Bertz CT molecular complexity index is 893. The SMILES string of the molecule is CS(=O)(=O)N1CCCC(CNC(=O)c2ccc3c(c2)ncn3CCO)C1. The third-order valence-electron chi connectivity index (χ3n) is 4.73. The number of aliphatic hydroxyl groups excluding tert-OH is 1. The Morgan fingerprint density at radius 1 is 1.42 bits per heavy atom. The van der Waals surface area contributed by atoms with Gasteiger partial charge in [0.2, 0.25) is 10.0 Å². The summed E-state index contributed by atoms with van der Waals surface area (Å²) in [4.78, 5) is 16.7. The van der Waals surface area contributed by atoms with E-state index in [0.29, 0.717) is 37.3 Å². The Kier molecular flexibility index (Phi) is 5.59. The highest BCUT2D eigenvalue weighted by Gasteiger charge is 2.26. The van der Waals surface area contributed by atoms with Gasteiger partial charge >= 0.3 is 0 Å². The first-order valence-electron chi connectivity index (χ1n) is 8.67. The van der Waals surface area contributed by atoms with Gasteiger partial charge in [0.1, 0.15) is 0 Å². The van der Waals surface area contributed by atoms with Gasteiger partial charge in [0, 0.05) is 31.7 Å². The number of aromatic nitrogens is 2. The molecule has 1 aromatic carbocycles. The van der Waals surface area contributed by atoms with Crippen molar-refractivity contribution in [1.29, 1.82) is 0 Å². The van der Waals surface area contributed by atoms with E-state index in [0.717, 1.165) is 18.4 Å². The lowest BCUT2D eigenvalue weighted by Crippen LogP contribution is -2.43. The van der Waals surface area contributed by atoms with E-state index in [4.69, 9.17) is 5.11 Å². The quantitative estimate of drug-likeness (QED) is 0.756. The number of carbonyl (C=O) groups excluding carboxylic acids is 1. The van der Waals surface area contributed by atoms with Gasteiger partial charge in [0.05, 0.1) is 30.2 Å². The van der Waals surface area contributed by atoms with E-state index in [1.165, 1.54) is 10.6 Å². The molecule has 1 fully saturated rings. The van der Waals surface area contributed by atoms with Gasteiger partial charge < -0.3 is 15.0 Å². The van der Waals surface area contributed by atoms with Crippen molar-refractivity contribution in [3.05, 3.63) is 30.1 Å². The molecule has 9 heteroatoms. The van der Waals surface area contributed by atoms with Gasteiger partial charge in [-0.25, -0.2) is 17.7 Å². The van der Waals surface area contributed by atoms with Crippen molar-refractivity contribution in [1.82, 2.24) is 19.2 Å². The molecule has 0 bridgehead atoms. The predicted molar refractivity (Wildman–Crippen MR) is 98.3 cm³/mol. The molecule has 1 aliphatic rings. The molecule has 0 radical (unpaired) electrons. The first kappa shape index (κ1) is 18.8. The zero-order valence-corrected chi connectivity index (χ0v) is 15.6. The van der Waals surface area contributed by atoms with Crippen LogP contribution in [0.4, 0.5) is 0 Å². The molecule has 1 aromatic heterocycles. The second-order valence-electron chi connectivity index (χ2n) is 6.70. The standard InChI is InChI=1S/C17H24N4O4S/c1-26(24,25)21-6-2-3-13(11-21)10-18-17(23)14-4-5-16-15(9-14)19-12-20(16)7-8-22/h4-5,9,12-13,22H,2-3,6-8,10-11H2,1H3,(H,18,23). The number of nitrogens with zero attached hydrogens (tertiary/aromatic N) is 3. The number of sulfonamides is 1. The van der Waals surface area contributed by atoms with Crippen molar-refractivity contribution in [2.24, 2.45) is 5.92 Å². The minimum absolute atomic E-state index is 0.0274. The summed E-state index contributed by atoms with van der Waals surface area (Å²) in [5.74, 6) is -0.0741. The molecular formula is C17H24N4O4S. The highest BCUT2D eigenvalue weighted by Crippen LogP contribution is 2.19. The summed E-state index contributed by atoms with van der Waals surface area (Å²) in [6.45, 7) is 1.93. The second kappa shape index (κ2) is 7.73. The van der Waals surface area contributed by atoms with Crippen LogP contribution >= 0.6 is 0 Å². The fourth-order valence-corrected chi connectivity index (χ4v) is 4.27. The first-order chi connectivity index (χ1) is 12.4. The number of rotatable bonds is 6. The molecule has 0 aliphatic carbocycles. The molecule has 1 amide bonds. The minimum atomic E-state index is -3.18. The first-order valence-corrected chi connectivity index (χ1v) is 10.5. The highest BCUT2D eigenvalue weighted by atomic mass is 32.2. The molecule has 2 aromatic rings. The van der Waals surface area contributed by atoms with Crippen LogP contribution in [0.5, 0.6) is 0 Å². The largest absolute Gasteiger partial charge is 0.395 e. The van der Waals surface area contributed by atoms with Crippen LogP contribution in [-0.2, 0) is 16.6 Å². The lowest BCUT2D eigenvalue weighted by molar-refractivity contribution is 0.0941. The molecule has 1 saturated heterocycles. The van der Waals surface area contributed by atoms with Crippen LogP contribution in [0, 0.1) is 5.92 Å². The normalized spacial score (nSPS) is 18.9. The van der Waals surface area contributed by atoms with Crippen LogP contribution in [0.2, 0.25) is 0 Å². The summed E-state index contributed by atoms with van der Waals surface area (Å²) in [6.07, 6.45) is 4.57. The van der Waals surface area contributed by atoms with Gasteiger partial charge in [-0.1, -0.05) is 0 Å². The molecular weight excluding hydrogens is 356 g/mol. The van der Waals surface area contributed by atoms with E-state index in [1.54, 1.807) is 18.5 Å². The van der Waals surface area contributed by atoms with Crippen molar-refractivity contribution < 1.29 is 18.3 Å². The van der Waals surface area contributed by atoms with Gasteiger partial charge in [-0.15, -0.1) is 0 Å². The minimum Gasteiger partial charge on any atom is -0.395 e. The smallest absolute Gasteiger partial charge is 0.251 e. The molecule has 26 heavy (non-hydrogen) atoms. The summed E-state index contributed by atoms with van der Waals surface area (Å²) in [6, 6.07) is 5.28. The summed E-state index contributed by atoms with van der Waals surface area (Å²) in [5, 5.41) is 12.0. The van der Waals surface area contributed by atoms with Crippen LogP contribution in [-0.4, -0.2) is 65.8 Å². The monoisotopic (exact) mass is 380 g/mol. The summed E-state index contributed by atoms with van der Waals surface area (Å²) in [5.41, 5.74) is 2.08. The summed E-state index contributed by atoms with van der Waals surface area (Å²) in [7, 11) is -3.18. The molecule has 3 rings (SSSR count). The number of aliphatic hydroxyl groups is 1. The third kappa shape index (κ3) is 4.22. The van der Waals surface area contributed by atoms with Crippen LogP contribution in [0.1, 0.15) is 23.2 Å². The van der Waals surface area contributed by atoms with Gasteiger partial charge in [0.15, 0.2) is 0 Å². The van der Waals surface area contributed by atoms with Crippen LogP contribution < -0.4 is 5.32 Å². The Balaban J connectivity index is 1.62. The maximum absolute atomic E-state index is 12.4. The number of amides is 1. The number of hydrogen-bond acceptors (Lipinski definition) is 5. The number of carbonyl (C=O) groups is 1. The van der Waals surface area contributed by atoms with Gasteiger partial charge in [-0.2, -0.15) is 0 Å². The summed E-state index contributed by atoms with van der Waals surface area (Å²) >= 11 is 0. The molecule has 1 aliphatic heterocycles. The van der Waals surface area contributed by atoms with E-state index in [-0.39, 0.29) is 18.4 Å². The van der Waals surface area contributed by atoms with Crippen molar-refractivity contribution in [2.75, 3.05) is 32.5 Å². The molecule has 8 nitrogen and oxygen atoms in total. The van der Waals surface area contributed by atoms with E-state index in [1.807, 2.05) is 10.6 Å². The zero-order valence-electron chi connectivity index (χ0n) is 14.8. The van der Waals surface area contributed by atoms with Crippen molar-refractivity contribution >= 4 is 27.0 Å². The topological polar surface area (TPSA) is 105 Å². The number of benzene rings is 1. The van der Waals surface area contributed by atoms with Crippen molar-refractivity contribution in [2.45, 2.75) is 19.4 Å². The molecule has 1 unspecified atom stereocenters. The molecule has 2 heterocycles. The third-order valence-corrected chi connectivity index (χ3v) is 6.00. The fraction of sp³-hybridized carbons (Fsp3) is 0.529. The molecule has 0 spiro atoms. The number of fused-ring (bicyclic) bond motifs is 1. The summed E-state index contributed by atoms with van der Waals surface area (Å²) < 4.78 is 26.7. The van der Waals surface area contributed by atoms with E-state index >= 15 is 0 Å². The van der Waals surface area contributed by atoms with Crippen LogP contribution in [0.3, 0.4) is 0 Å². The molecule has 1 atom stereocenters. The molecule has 2 N–H and O–H groups in total. The van der Waals surface area contributed by atoms with Gasteiger partial charge in [0.25, 0.3) is 5.91 Å². The number of hydrogen-bond donors (Lipinski definition) is 2. The molecule has 0 saturated carbocycles. The lowest BCUT2D eigenvalue weighted by atomic mass is 9.99. The average Bonchev–Trinajstić information content (AvgIpc) is 3.02. The Hall–Kier alpha value is -1.97. The van der Waals surface area contributed by atoms with E-state index in [9.17, 15) is 13.2 Å². The van der Waals surface area contributed by atoms with Crippen molar-refractivity contribution in [3.8, 4) is 0 Å². The van der Waals surface area contributed by atoms with E-state index < -0.39 is 10.0 Å². The van der Waals surface area contributed by atoms with Crippen LogP contribution in [0.25, 0.3) is 11.0 Å². The predicted octanol–water partition coefficient (Wildman–Crippen LogP) is 0.430.